The molecule has 2 aromatic carbocycles. The van der Waals surface area contributed by atoms with Gasteiger partial charge in [0.1, 0.15) is 6.10 Å². The first-order valence-electron chi connectivity index (χ1n) is 7.50. The number of nitrogens with zero attached hydrogens (tertiary/aromatic N) is 1. The Morgan fingerprint density at radius 3 is 2.70 bits per heavy atom. The average Bonchev–Trinajstić information content (AvgIpc) is 2.56. The number of benzene rings is 2. The molecule has 2 nitrogen and oxygen atoms in total. The zero-order valence-electron chi connectivity index (χ0n) is 13.0. The summed E-state index contributed by atoms with van der Waals surface area (Å²) in [6, 6.07) is 18.4. The molecule has 0 saturated heterocycles. The second kappa shape index (κ2) is 7.07. The number of para-hydroxylation sites is 1. The molecule has 0 N–H and O–H groups in total. The van der Waals surface area contributed by atoms with Crippen LogP contribution < -0.4 is 0 Å². The van der Waals surface area contributed by atoms with E-state index in [1.807, 2.05) is 49.5 Å². The summed E-state index contributed by atoms with van der Waals surface area (Å²) in [7, 11) is 0. The number of hydrogen-bond donors (Lipinski definition) is 0. The third-order valence-electron chi connectivity index (χ3n) is 3.60. The first-order chi connectivity index (χ1) is 11.1. The Hall–Kier alpha value is -1.97. The normalized spacial score (nSPS) is 12.3. The predicted molar refractivity (Wildman–Crippen MR) is 98.5 cm³/mol. The Labute approximate surface area is 145 Å². The molecule has 0 radical (unpaired) electrons. The van der Waals surface area contributed by atoms with Crippen LogP contribution in [0.5, 0.6) is 0 Å². The topological polar surface area (TPSA) is 22.1 Å². The highest BCUT2D eigenvalue weighted by Gasteiger charge is 2.18. The molecular formula is C20H18BrNO. The van der Waals surface area contributed by atoms with Crippen molar-refractivity contribution in [1.82, 2.24) is 4.98 Å². The van der Waals surface area contributed by atoms with Crippen LogP contribution >= 0.6 is 15.9 Å². The summed E-state index contributed by atoms with van der Waals surface area (Å²) >= 11 is 3.63. The van der Waals surface area contributed by atoms with Crippen molar-refractivity contribution in [1.29, 1.82) is 0 Å². The molecule has 0 fully saturated rings. The van der Waals surface area contributed by atoms with E-state index in [4.69, 9.17) is 4.74 Å². The highest BCUT2D eigenvalue weighted by Crippen LogP contribution is 2.32. The van der Waals surface area contributed by atoms with Gasteiger partial charge < -0.3 is 4.74 Å². The van der Waals surface area contributed by atoms with E-state index < -0.39 is 0 Å². The van der Waals surface area contributed by atoms with Gasteiger partial charge in [-0.2, -0.15) is 0 Å². The molecule has 0 aliphatic rings. The number of fused-ring (bicyclic) bond motifs is 1. The zero-order chi connectivity index (χ0) is 16.2. The maximum absolute atomic E-state index is 6.14. The lowest BCUT2D eigenvalue weighted by atomic mass is 10.0. The van der Waals surface area contributed by atoms with Gasteiger partial charge in [-0.1, -0.05) is 64.5 Å². The van der Waals surface area contributed by atoms with Crippen LogP contribution in [0.15, 0.2) is 77.4 Å². The number of halogens is 1. The van der Waals surface area contributed by atoms with E-state index in [9.17, 15) is 0 Å². The van der Waals surface area contributed by atoms with E-state index in [0.29, 0.717) is 6.61 Å². The largest absolute Gasteiger partial charge is 0.364 e. The van der Waals surface area contributed by atoms with Crippen molar-refractivity contribution < 1.29 is 4.74 Å². The van der Waals surface area contributed by atoms with Gasteiger partial charge in [0.2, 0.25) is 0 Å². The molecule has 0 spiro atoms. The minimum absolute atomic E-state index is 0.181. The maximum atomic E-state index is 6.14. The Bertz CT molecular complexity index is 844. The van der Waals surface area contributed by atoms with Crippen LogP contribution in [0.1, 0.15) is 24.2 Å². The van der Waals surface area contributed by atoms with Crippen LogP contribution in [0.3, 0.4) is 0 Å². The number of ether oxygens (including phenoxy) is 1. The Kier molecular flexibility index (Phi) is 4.89. The van der Waals surface area contributed by atoms with Crippen molar-refractivity contribution in [2.75, 3.05) is 6.61 Å². The molecule has 3 heteroatoms. The summed E-state index contributed by atoms with van der Waals surface area (Å²) in [6.45, 7) is 6.42. The molecule has 3 aromatic rings. The van der Waals surface area contributed by atoms with Gasteiger partial charge in [0, 0.05) is 21.6 Å². The van der Waals surface area contributed by atoms with Gasteiger partial charge in [0.05, 0.1) is 12.1 Å². The molecule has 23 heavy (non-hydrogen) atoms. The number of hydrogen-bond acceptors (Lipinski definition) is 2. The third-order valence-corrected chi connectivity index (χ3v) is 4.32. The van der Waals surface area contributed by atoms with Gasteiger partial charge in [0.15, 0.2) is 0 Å². The van der Waals surface area contributed by atoms with Crippen molar-refractivity contribution in [2.45, 2.75) is 13.0 Å². The van der Waals surface area contributed by atoms with E-state index in [1.165, 1.54) is 0 Å². The van der Waals surface area contributed by atoms with Gasteiger partial charge in [-0.15, -0.1) is 0 Å². The fourth-order valence-electron chi connectivity index (χ4n) is 2.51. The second-order valence-electron chi connectivity index (χ2n) is 5.63. The van der Waals surface area contributed by atoms with Crippen molar-refractivity contribution in [2.24, 2.45) is 0 Å². The lowest BCUT2D eigenvalue weighted by Gasteiger charge is -2.20. The van der Waals surface area contributed by atoms with Crippen LogP contribution in [0.4, 0.5) is 0 Å². The summed E-state index contributed by atoms with van der Waals surface area (Å²) in [5.41, 5.74) is 4.11. The predicted octanol–water partition coefficient (Wildman–Crippen LogP) is 5.68. The first-order valence-corrected chi connectivity index (χ1v) is 8.29. The highest BCUT2D eigenvalue weighted by atomic mass is 79.9. The van der Waals surface area contributed by atoms with Crippen molar-refractivity contribution in [3.05, 3.63) is 88.5 Å². The average molecular weight is 368 g/mol. The molecule has 0 amide bonds. The SMILES string of the molecule is C=C(C)COC(c1cnc2ccccc2c1)c1ccccc1Br. The zero-order valence-corrected chi connectivity index (χ0v) is 14.6. The molecule has 1 atom stereocenters. The van der Waals surface area contributed by atoms with E-state index >= 15 is 0 Å². The molecule has 0 saturated carbocycles. The standard InChI is InChI=1S/C20H18BrNO/c1-14(2)13-23-20(17-8-4-5-9-18(17)21)16-11-15-7-3-6-10-19(15)22-12-16/h3-12,20H,1,13H2,2H3. The first kappa shape index (κ1) is 15.9. The fraction of sp³-hybridized carbons (Fsp3) is 0.150. The van der Waals surface area contributed by atoms with Crippen molar-refractivity contribution in [3.8, 4) is 0 Å². The smallest absolute Gasteiger partial charge is 0.111 e. The summed E-state index contributed by atoms with van der Waals surface area (Å²) in [4.78, 5) is 4.57. The molecule has 0 aliphatic heterocycles. The summed E-state index contributed by atoms with van der Waals surface area (Å²) < 4.78 is 7.16. The third kappa shape index (κ3) is 3.69. The minimum atomic E-state index is -0.181. The van der Waals surface area contributed by atoms with Crippen LogP contribution in [0.2, 0.25) is 0 Å². The van der Waals surface area contributed by atoms with Gasteiger partial charge in [-0.05, 0) is 30.7 Å². The molecule has 1 heterocycles. The molecule has 116 valence electrons. The molecular weight excluding hydrogens is 350 g/mol. The quantitative estimate of drug-likeness (QED) is 0.541. The maximum Gasteiger partial charge on any atom is 0.111 e. The minimum Gasteiger partial charge on any atom is -0.364 e. The van der Waals surface area contributed by atoms with Crippen LogP contribution in [0, 0.1) is 0 Å². The van der Waals surface area contributed by atoms with E-state index in [-0.39, 0.29) is 6.10 Å². The lowest BCUT2D eigenvalue weighted by Crippen LogP contribution is -2.09. The Morgan fingerprint density at radius 2 is 1.91 bits per heavy atom. The van der Waals surface area contributed by atoms with Crippen LogP contribution in [-0.4, -0.2) is 11.6 Å². The van der Waals surface area contributed by atoms with Gasteiger partial charge in [-0.3, -0.25) is 4.98 Å². The monoisotopic (exact) mass is 367 g/mol. The molecule has 1 aromatic heterocycles. The summed E-state index contributed by atoms with van der Waals surface area (Å²) in [5.74, 6) is 0. The summed E-state index contributed by atoms with van der Waals surface area (Å²) in [6.07, 6.45) is 1.71. The number of aromatic nitrogens is 1. The van der Waals surface area contributed by atoms with Gasteiger partial charge in [0.25, 0.3) is 0 Å². The molecule has 1 unspecified atom stereocenters. The molecule has 0 bridgehead atoms. The lowest BCUT2D eigenvalue weighted by molar-refractivity contribution is 0.0985. The molecule has 0 aliphatic carbocycles. The van der Waals surface area contributed by atoms with Gasteiger partial charge >= 0.3 is 0 Å². The van der Waals surface area contributed by atoms with Crippen molar-refractivity contribution in [3.63, 3.8) is 0 Å². The summed E-state index contributed by atoms with van der Waals surface area (Å²) in [5, 5.41) is 1.11. The van der Waals surface area contributed by atoms with Crippen molar-refractivity contribution >= 4 is 26.8 Å². The van der Waals surface area contributed by atoms with E-state index in [2.05, 4.69) is 45.7 Å². The second-order valence-corrected chi connectivity index (χ2v) is 6.49. The number of rotatable bonds is 5. The molecule has 3 rings (SSSR count). The number of pyridine rings is 1. The Morgan fingerprint density at radius 1 is 1.17 bits per heavy atom. The van der Waals surface area contributed by atoms with Gasteiger partial charge in [-0.25, -0.2) is 0 Å². The van der Waals surface area contributed by atoms with E-state index in [1.54, 1.807) is 0 Å². The Balaban J connectivity index is 2.05. The highest BCUT2D eigenvalue weighted by molar-refractivity contribution is 9.10. The van der Waals surface area contributed by atoms with E-state index in [0.717, 1.165) is 32.1 Å². The fourth-order valence-corrected chi connectivity index (χ4v) is 3.00. The van der Waals surface area contributed by atoms with Crippen LogP contribution in [0.25, 0.3) is 10.9 Å². The van der Waals surface area contributed by atoms with Crippen LogP contribution in [-0.2, 0) is 4.74 Å².